The number of carbonyl (C=O) groups is 2. The number of carbonyl (C=O) groups excluding carboxylic acids is 1. The van der Waals surface area contributed by atoms with Gasteiger partial charge in [0.1, 0.15) is 0 Å². The molecule has 0 spiro atoms. The van der Waals surface area contributed by atoms with Gasteiger partial charge in [-0.25, -0.2) is 0 Å². The van der Waals surface area contributed by atoms with Crippen molar-refractivity contribution in [2.24, 2.45) is 0 Å². The molecule has 164 valence electrons. The highest BCUT2D eigenvalue weighted by atomic mass is 35.5. The van der Waals surface area contributed by atoms with E-state index in [-0.39, 0.29) is 12.3 Å². The van der Waals surface area contributed by atoms with Crippen LogP contribution in [0.15, 0.2) is 72.8 Å². The van der Waals surface area contributed by atoms with Crippen LogP contribution in [0, 0.1) is 0 Å². The summed E-state index contributed by atoms with van der Waals surface area (Å²) in [6.45, 7) is 0.376. The number of rotatable bonds is 7. The minimum atomic E-state index is -0.822. The molecule has 0 saturated heterocycles. The quantitative estimate of drug-likeness (QED) is 0.451. The molecule has 0 atom stereocenters. The van der Waals surface area contributed by atoms with E-state index in [1.807, 2.05) is 42.5 Å². The number of aliphatic carboxylic acids is 1. The Morgan fingerprint density at radius 1 is 0.938 bits per heavy atom. The monoisotopic (exact) mass is 447 g/mol. The molecule has 32 heavy (non-hydrogen) atoms. The summed E-state index contributed by atoms with van der Waals surface area (Å²) in [7, 11) is 0. The van der Waals surface area contributed by atoms with Gasteiger partial charge in [0.25, 0.3) is 5.91 Å². The average Bonchev–Trinajstić information content (AvgIpc) is 3.33. The molecule has 1 saturated carbocycles. The molecule has 0 aromatic heterocycles. The first-order chi connectivity index (χ1) is 15.5. The maximum atomic E-state index is 13.5. The van der Waals surface area contributed by atoms with E-state index in [1.165, 1.54) is 12.8 Å². The topological polar surface area (TPSA) is 57.6 Å². The zero-order valence-electron chi connectivity index (χ0n) is 17.8. The average molecular weight is 448 g/mol. The van der Waals surface area contributed by atoms with E-state index in [1.54, 1.807) is 29.2 Å². The summed E-state index contributed by atoms with van der Waals surface area (Å²) >= 11 is 6.33. The first-order valence-corrected chi connectivity index (χ1v) is 11.4. The second-order valence-corrected chi connectivity index (χ2v) is 8.70. The fraction of sp³-hybridized carbons (Fsp3) is 0.259. The van der Waals surface area contributed by atoms with Crippen molar-refractivity contribution in [3.05, 3.63) is 100 Å². The van der Waals surface area contributed by atoms with Crippen molar-refractivity contribution < 1.29 is 14.7 Å². The Balaban J connectivity index is 1.70. The molecular weight excluding hydrogens is 422 g/mol. The Labute approximate surface area is 193 Å². The largest absolute Gasteiger partial charge is 0.481 e. The van der Waals surface area contributed by atoms with Crippen molar-refractivity contribution in [1.29, 1.82) is 0 Å². The minimum Gasteiger partial charge on any atom is -0.481 e. The fourth-order valence-corrected chi connectivity index (χ4v) is 4.75. The lowest BCUT2D eigenvalue weighted by atomic mass is 9.89. The number of para-hydroxylation sites is 1. The number of amides is 1. The number of hydrogen-bond donors (Lipinski definition) is 1. The van der Waals surface area contributed by atoms with Crippen LogP contribution in [0.3, 0.4) is 0 Å². The van der Waals surface area contributed by atoms with Crippen LogP contribution in [-0.2, 0) is 17.8 Å². The van der Waals surface area contributed by atoms with Crippen molar-refractivity contribution in [3.63, 3.8) is 0 Å². The third kappa shape index (κ3) is 5.03. The molecule has 4 rings (SSSR count). The standard InChI is InChI=1S/C27H26ClNO3/c28-25-13-7-6-12-23(25)27(32)29(22-10-2-1-3-11-22)18-19-14-15-21(17-26(30)31)24(16-19)20-8-4-5-9-20/h1-3,6-7,10-16,20H,4-5,8-9,17-18H2,(H,30,31). The van der Waals surface area contributed by atoms with Gasteiger partial charge < -0.3 is 10.0 Å². The SMILES string of the molecule is O=C(O)Cc1ccc(CN(C(=O)c2ccccc2Cl)c2ccccc2)cc1C1CCCC1. The van der Waals surface area contributed by atoms with E-state index in [2.05, 4.69) is 6.07 Å². The molecule has 1 amide bonds. The molecule has 1 aliphatic rings. The number of anilines is 1. The number of halogens is 1. The first kappa shape index (κ1) is 22.1. The molecule has 0 radical (unpaired) electrons. The van der Waals surface area contributed by atoms with Gasteiger partial charge in [-0.15, -0.1) is 0 Å². The third-order valence-corrected chi connectivity index (χ3v) is 6.43. The van der Waals surface area contributed by atoms with E-state index >= 15 is 0 Å². The molecule has 4 nitrogen and oxygen atoms in total. The molecule has 1 N–H and O–H groups in total. The van der Waals surface area contributed by atoms with E-state index in [9.17, 15) is 14.7 Å². The number of carboxylic acids is 1. The second kappa shape index (κ2) is 10.0. The molecule has 1 fully saturated rings. The van der Waals surface area contributed by atoms with Gasteiger partial charge in [0.05, 0.1) is 23.6 Å². The summed E-state index contributed by atoms with van der Waals surface area (Å²) in [6, 6.07) is 22.6. The van der Waals surface area contributed by atoms with E-state index < -0.39 is 5.97 Å². The van der Waals surface area contributed by atoms with Crippen LogP contribution in [0.1, 0.15) is 58.6 Å². The van der Waals surface area contributed by atoms with Crippen molar-refractivity contribution in [1.82, 2.24) is 0 Å². The van der Waals surface area contributed by atoms with Gasteiger partial charge in [0.15, 0.2) is 0 Å². The first-order valence-electron chi connectivity index (χ1n) is 11.0. The molecule has 3 aromatic carbocycles. The summed E-state index contributed by atoms with van der Waals surface area (Å²) in [5, 5.41) is 9.78. The minimum absolute atomic E-state index is 0.0209. The van der Waals surface area contributed by atoms with Gasteiger partial charge in [-0.1, -0.05) is 73.0 Å². The normalized spacial score (nSPS) is 13.8. The molecular formula is C27H26ClNO3. The van der Waals surface area contributed by atoms with Crippen LogP contribution in [0.5, 0.6) is 0 Å². The van der Waals surface area contributed by atoms with Crippen LogP contribution in [-0.4, -0.2) is 17.0 Å². The number of hydrogen-bond acceptors (Lipinski definition) is 2. The highest BCUT2D eigenvalue weighted by molar-refractivity contribution is 6.34. The van der Waals surface area contributed by atoms with Gasteiger partial charge in [-0.3, -0.25) is 9.59 Å². The van der Waals surface area contributed by atoms with Crippen molar-refractivity contribution in [3.8, 4) is 0 Å². The highest BCUT2D eigenvalue weighted by Crippen LogP contribution is 2.37. The second-order valence-electron chi connectivity index (χ2n) is 8.29. The molecule has 5 heteroatoms. The fourth-order valence-electron chi connectivity index (χ4n) is 4.53. The summed E-state index contributed by atoms with van der Waals surface area (Å²) in [5.74, 6) is -0.607. The van der Waals surface area contributed by atoms with Crippen LogP contribution in [0.4, 0.5) is 5.69 Å². The molecule has 0 bridgehead atoms. The van der Waals surface area contributed by atoms with E-state index in [0.29, 0.717) is 23.0 Å². The highest BCUT2D eigenvalue weighted by Gasteiger charge is 2.24. The van der Waals surface area contributed by atoms with Gasteiger partial charge >= 0.3 is 5.97 Å². The predicted molar refractivity (Wildman–Crippen MR) is 127 cm³/mol. The molecule has 0 aliphatic heterocycles. The van der Waals surface area contributed by atoms with Crippen molar-refractivity contribution >= 4 is 29.2 Å². The summed E-state index contributed by atoms with van der Waals surface area (Å²) in [4.78, 5) is 26.6. The van der Waals surface area contributed by atoms with Crippen LogP contribution >= 0.6 is 11.6 Å². The lowest BCUT2D eigenvalue weighted by molar-refractivity contribution is -0.136. The maximum Gasteiger partial charge on any atom is 0.307 e. The zero-order valence-corrected chi connectivity index (χ0v) is 18.6. The van der Waals surface area contributed by atoms with Gasteiger partial charge in [-0.2, -0.15) is 0 Å². The zero-order chi connectivity index (χ0) is 22.5. The molecule has 1 aliphatic carbocycles. The Morgan fingerprint density at radius 3 is 2.31 bits per heavy atom. The molecule has 3 aromatic rings. The number of nitrogens with zero attached hydrogens (tertiary/aromatic N) is 1. The summed E-state index contributed by atoms with van der Waals surface area (Å²) < 4.78 is 0. The summed E-state index contributed by atoms with van der Waals surface area (Å²) in [6.07, 6.45) is 4.52. The van der Waals surface area contributed by atoms with Crippen LogP contribution in [0.25, 0.3) is 0 Å². The van der Waals surface area contributed by atoms with Gasteiger partial charge in [0.2, 0.25) is 0 Å². The molecule has 0 heterocycles. The van der Waals surface area contributed by atoms with Gasteiger partial charge in [-0.05, 0) is 59.7 Å². The Kier molecular flexibility index (Phi) is 6.91. The Morgan fingerprint density at radius 2 is 1.62 bits per heavy atom. The smallest absolute Gasteiger partial charge is 0.307 e. The Bertz CT molecular complexity index is 1110. The number of carboxylic acid groups (broad SMARTS) is 1. The van der Waals surface area contributed by atoms with Crippen molar-refractivity contribution in [2.45, 2.75) is 44.6 Å². The van der Waals surface area contributed by atoms with E-state index in [4.69, 9.17) is 11.6 Å². The lowest BCUT2D eigenvalue weighted by Gasteiger charge is -2.25. The molecule has 0 unspecified atom stereocenters. The van der Waals surface area contributed by atoms with Crippen LogP contribution < -0.4 is 4.90 Å². The lowest BCUT2D eigenvalue weighted by Crippen LogP contribution is -2.30. The summed E-state index contributed by atoms with van der Waals surface area (Å²) in [5.41, 5.74) is 4.20. The van der Waals surface area contributed by atoms with Gasteiger partial charge in [0, 0.05) is 5.69 Å². The third-order valence-electron chi connectivity index (χ3n) is 6.10. The Hall–Kier alpha value is -3.11. The van der Waals surface area contributed by atoms with Crippen LogP contribution in [0.2, 0.25) is 5.02 Å². The number of benzene rings is 3. The predicted octanol–water partition coefficient (Wildman–Crippen LogP) is 6.47. The maximum absolute atomic E-state index is 13.5. The van der Waals surface area contributed by atoms with Crippen molar-refractivity contribution in [2.75, 3.05) is 4.90 Å². The van der Waals surface area contributed by atoms with E-state index in [0.717, 1.165) is 35.2 Å².